The van der Waals surface area contributed by atoms with Crippen molar-refractivity contribution in [2.45, 2.75) is 12.8 Å². The molecule has 0 bridgehead atoms. The Morgan fingerprint density at radius 1 is 1.33 bits per heavy atom. The SMILES string of the molecule is O=C(O)CCc1ccccc1OP(O)O. The van der Waals surface area contributed by atoms with Crippen molar-refractivity contribution in [3.8, 4) is 5.75 Å². The third-order valence-electron chi connectivity index (χ3n) is 1.76. The van der Waals surface area contributed by atoms with Crippen LogP contribution in [0.1, 0.15) is 12.0 Å². The molecule has 15 heavy (non-hydrogen) atoms. The van der Waals surface area contributed by atoms with Gasteiger partial charge in [-0.2, -0.15) is 0 Å². The standard InChI is InChI=1S/C9H11O5P/c10-9(11)6-5-7-3-1-2-4-8(7)14-15(12)13/h1-4,12-13H,5-6H2,(H,10,11). The number of para-hydroxylation sites is 1. The van der Waals surface area contributed by atoms with E-state index in [9.17, 15) is 4.79 Å². The van der Waals surface area contributed by atoms with Crippen LogP contribution < -0.4 is 4.52 Å². The molecule has 0 fully saturated rings. The second-order valence-corrected chi connectivity index (χ2v) is 3.53. The zero-order chi connectivity index (χ0) is 11.3. The number of carboxylic acids is 1. The molecule has 0 atom stereocenters. The van der Waals surface area contributed by atoms with E-state index in [0.29, 0.717) is 17.7 Å². The molecule has 0 aliphatic rings. The molecule has 0 aliphatic heterocycles. The third-order valence-corrected chi connectivity index (χ3v) is 2.12. The molecule has 0 unspecified atom stereocenters. The van der Waals surface area contributed by atoms with Crippen molar-refractivity contribution < 1.29 is 24.2 Å². The van der Waals surface area contributed by atoms with Crippen LogP contribution in [-0.4, -0.2) is 20.9 Å². The lowest BCUT2D eigenvalue weighted by Crippen LogP contribution is -1.99. The summed E-state index contributed by atoms with van der Waals surface area (Å²) in [6.45, 7) is 0. The highest BCUT2D eigenvalue weighted by Gasteiger charge is 2.09. The van der Waals surface area contributed by atoms with Crippen LogP contribution in [0.4, 0.5) is 0 Å². The van der Waals surface area contributed by atoms with Crippen LogP contribution >= 0.6 is 8.60 Å². The van der Waals surface area contributed by atoms with Gasteiger partial charge in [-0.15, -0.1) is 0 Å². The molecule has 0 aromatic heterocycles. The van der Waals surface area contributed by atoms with Crippen molar-refractivity contribution in [3.63, 3.8) is 0 Å². The first kappa shape index (κ1) is 11.9. The van der Waals surface area contributed by atoms with Gasteiger partial charge < -0.3 is 19.4 Å². The smallest absolute Gasteiger partial charge is 0.391 e. The predicted molar refractivity (Wildman–Crippen MR) is 54.4 cm³/mol. The highest BCUT2D eigenvalue weighted by molar-refractivity contribution is 7.39. The fourth-order valence-corrected chi connectivity index (χ4v) is 1.48. The largest absolute Gasteiger partial charge is 0.481 e. The second kappa shape index (κ2) is 5.66. The molecular weight excluding hydrogens is 219 g/mol. The minimum atomic E-state index is -2.47. The summed E-state index contributed by atoms with van der Waals surface area (Å²) in [5.41, 5.74) is 0.649. The van der Waals surface area contributed by atoms with Gasteiger partial charge in [-0.1, -0.05) is 18.2 Å². The minimum absolute atomic E-state index is 0.0187. The number of hydrogen-bond acceptors (Lipinski definition) is 4. The Hall–Kier alpha value is -1.16. The molecule has 1 rings (SSSR count). The molecule has 82 valence electrons. The van der Waals surface area contributed by atoms with Gasteiger partial charge in [0.15, 0.2) is 0 Å². The first-order valence-corrected chi connectivity index (χ1v) is 5.41. The van der Waals surface area contributed by atoms with Crippen LogP contribution in [0, 0.1) is 0 Å². The average Bonchev–Trinajstić information content (AvgIpc) is 2.15. The number of hydrogen-bond donors (Lipinski definition) is 3. The van der Waals surface area contributed by atoms with E-state index >= 15 is 0 Å². The zero-order valence-corrected chi connectivity index (χ0v) is 8.72. The van der Waals surface area contributed by atoms with Gasteiger partial charge in [0.1, 0.15) is 5.75 Å². The van der Waals surface area contributed by atoms with Gasteiger partial charge in [0, 0.05) is 6.42 Å². The van der Waals surface area contributed by atoms with Gasteiger partial charge >= 0.3 is 14.6 Å². The average molecular weight is 230 g/mol. The van der Waals surface area contributed by atoms with Crippen LogP contribution in [0.25, 0.3) is 0 Å². The van der Waals surface area contributed by atoms with Crippen LogP contribution in [-0.2, 0) is 11.2 Å². The Morgan fingerprint density at radius 2 is 2.00 bits per heavy atom. The molecule has 0 aliphatic carbocycles. The van der Waals surface area contributed by atoms with Gasteiger partial charge in [-0.25, -0.2) is 0 Å². The summed E-state index contributed by atoms with van der Waals surface area (Å²) in [6, 6.07) is 6.68. The fraction of sp³-hybridized carbons (Fsp3) is 0.222. The summed E-state index contributed by atoms with van der Waals surface area (Å²) in [7, 11) is -2.47. The first-order valence-electron chi connectivity index (χ1n) is 4.25. The lowest BCUT2D eigenvalue weighted by Gasteiger charge is -2.09. The topological polar surface area (TPSA) is 87.0 Å². The van der Waals surface area contributed by atoms with E-state index in [2.05, 4.69) is 0 Å². The van der Waals surface area contributed by atoms with Crippen LogP contribution in [0.5, 0.6) is 5.75 Å². The second-order valence-electron chi connectivity index (χ2n) is 2.85. The van der Waals surface area contributed by atoms with Crippen molar-refractivity contribution in [1.29, 1.82) is 0 Å². The summed E-state index contributed by atoms with van der Waals surface area (Å²) >= 11 is 0. The number of benzene rings is 1. The number of carbonyl (C=O) groups is 1. The van der Waals surface area contributed by atoms with E-state index in [1.807, 2.05) is 0 Å². The minimum Gasteiger partial charge on any atom is -0.481 e. The van der Waals surface area contributed by atoms with Crippen molar-refractivity contribution in [3.05, 3.63) is 29.8 Å². The van der Waals surface area contributed by atoms with Gasteiger partial charge in [0.2, 0.25) is 0 Å². The van der Waals surface area contributed by atoms with Crippen LogP contribution in [0.3, 0.4) is 0 Å². The normalized spacial score (nSPS) is 10.3. The molecule has 0 saturated carbocycles. The third kappa shape index (κ3) is 4.25. The molecule has 3 N–H and O–H groups in total. The Morgan fingerprint density at radius 3 is 2.60 bits per heavy atom. The van der Waals surface area contributed by atoms with Crippen molar-refractivity contribution >= 4 is 14.6 Å². The molecule has 1 aromatic carbocycles. The summed E-state index contributed by atoms with van der Waals surface area (Å²) in [4.78, 5) is 27.7. The highest BCUT2D eigenvalue weighted by Crippen LogP contribution is 2.31. The first-order chi connectivity index (χ1) is 7.09. The Balaban J connectivity index is 2.72. The summed E-state index contributed by atoms with van der Waals surface area (Å²) in [5.74, 6) is -0.588. The van der Waals surface area contributed by atoms with E-state index in [-0.39, 0.29) is 6.42 Å². The number of aryl methyl sites for hydroxylation is 1. The molecule has 0 heterocycles. The maximum atomic E-state index is 10.4. The molecule has 0 saturated heterocycles. The number of aliphatic carboxylic acids is 1. The van der Waals surface area contributed by atoms with E-state index in [0.717, 1.165) is 0 Å². The maximum Gasteiger partial charge on any atom is 0.391 e. The van der Waals surface area contributed by atoms with Crippen molar-refractivity contribution in [1.82, 2.24) is 0 Å². The van der Waals surface area contributed by atoms with Gasteiger partial charge in [0.25, 0.3) is 0 Å². The maximum absolute atomic E-state index is 10.4. The zero-order valence-electron chi connectivity index (χ0n) is 7.83. The summed E-state index contributed by atoms with van der Waals surface area (Å²) in [5, 5.41) is 8.51. The van der Waals surface area contributed by atoms with Crippen LogP contribution in [0.2, 0.25) is 0 Å². The van der Waals surface area contributed by atoms with E-state index in [1.165, 1.54) is 0 Å². The molecule has 6 heteroatoms. The molecule has 1 aromatic rings. The van der Waals surface area contributed by atoms with E-state index in [1.54, 1.807) is 24.3 Å². The molecule has 0 spiro atoms. The van der Waals surface area contributed by atoms with Gasteiger partial charge in [0.05, 0.1) is 0 Å². The van der Waals surface area contributed by atoms with Crippen LogP contribution in [0.15, 0.2) is 24.3 Å². The number of rotatable bonds is 5. The molecular formula is C9H11O5P. The Bertz CT molecular complexity index is 339. The summed E-state index contributed by atoms with van der Waals surface area (Å²) < 4.78 is 4.76. The van der Waals surface area contributed by atoms with Gasteiger partial charge in [-0.3, -0.25) is 4.79 Å². The lowest BCUT2D eigenvalue weighted by molar-refractivity contribution is -0.136. The van der Waals surface area contributed by atoms with E-state index < -0.39 is 14.6 Å². The highest BCUT2D eigenvalue weighted by atomic mass is 31.2. The fourth-order valence-electron chi connectivity index (χ4n) is 1.13. The molecule has 5 nitrogen and oxygen atoms in total. The number of carboxylic acid groups (broad SMARTS) is 1. The van der Waals surface area contributed by atoms with Crippen molar-refractivity contribution in [2.24, 2.45) is 0 Å². The van der Waals surface area contributed by atoms with Gasteiger partial charge in [-0.05, 0) is 18.1 Å². The van der Waals surface area contributed by atoms with Crippen molar-refractivity contribution in [2.75, 3.05) is 0 Å². The molecule has 0 amide bonds. The Labute approximate surface area is 87.9 Å². The Kier molecular flexibility index (Phi) is 4.49. The predicted octanol–water partition coefficient (Wildman–Crippen LogP) is 1.29. The summed E-state index contributed by atoms with van der Waals surface area (Å²) in [6.07, 6.45) is 0.282. The monoisotopic (exact) mass is 230 g/mol. The molecule has 0 radical (unpaired) electrons. The van der Waals surface area contributed by atoms with E-state index in [4.69, 9.17) is 19.4 Å². The lowest BCUT2D eigenvalue weighted by atomic mass is 10.1. The quantitative estimate of drug-likeness (QED) is 0.663.